The Balaban J connectivity index is 1.48. The summed E-state index contributed by atoms with van der Waals surface area (Å²) in [6.07, 6.45) is 2.13. The quantitative estimate of drug-likeness (QED) is 0.864. The molecule has 5 heteroatoms. The molecule has 20 heavy (non-hydrogen) atoms. The van der Waals surface area contributed by atoms with Crippen LogP contribution in [-0.2, 0) is 6.54 Å². The lowest BCUT2D eigenvalue weighted by Gasteiger charge is -2.31. The minimum atomic E-state index is -0.247. The fourth-order valence-electron chi connectivity index (χ4n) is 2.46. The van der Waals surface area contributed by atoms with Gasteiger partial charge in [0, 0.05) is 31.1 Å². The van der Waals surface area contributed by atoms with E-state index < -0.39 is 0 Å². The highest BCUT2D eigenvalue weighted by Crippen LogP contribution is 2.20. The van der Waals surface area contributed by atoms with Crippen LogP contribution in [0.4, 0.5) is 4.39 Å². The van der Waals surface area contributed by atoms with Crippen molar-refractivity contribution in [1.82, 2.24) is 9.88 Å². The lowest BCUT2D eigenvalue weighted by Crippen LogP contribution is -2.37. The highest BCUT2D eigenvalue weighted by molar-refractivity contribution is 7.07. The molecule has 0 spiro atoms. The van der Waals surface area contributed by atoms with Crippen LogP contribution in [0.25, 0.3) is 0 Å². The van der Waals surface area contributed by atoms with Gasteiger partial charge in [0.25, 0.3) is 0 Å². The van der Waals surface area contributed by atoms with E-state index in [2.05, 4.69) is 15.3 Å². The minimum Gasteiger partial charge on any atom is -0.490 e. The van der Waals surface area contributed by atoms with Gasteiger partial charge in [0.2, 0.25) is 0 Å². The Labute approximate surface area is 122 Å². The minimum absolute atomic E-state index is 0.184. The van der Waals surface area contributed by atoms with Gasteiger partial charge in [-0.25, -0.2) is 9.37 Å². The summed E-state index contributed by atoms with van der Waals surface area (Å²) in [6.45, 7) is 2.91. The van der Waals surface area contributed by atoms with Crippen molar-refractivity contribution in [2.24, 2.45) is 0 Å². The van der Waals surface area contributed by atoms with Gasteiger partial charge in [-0.1, -0.05) is 6.07 Å². The van der Waals surface area contributed by atoms with Gasteiger partial charge in [-0.3, -0.25) is 4.90 Å². The Morgan fingerprint density at radius 1 is 1.35 bits per heavy atom. The van der Waals surface area contributed by atoms with E-state index in [-0.39, 0.29) is 11.9 Å². The normalized spacial score (nSPS) is 17.2. The first-order valence-electron chi connectivity index (χ1n) is 6.81. The molecular weight excluding hydrogens is 275 g/mol. The number of ether oxygens (including phenoxy) is 1. The predicted molar refractivity (Wildman–Crippen MR) is 77.4 cm³/mol. The number of thiazole rings is 1. The van der Waals surface area contributed by atoms with Crippen molar-refractivity contribution in [1.29, 1.82) is 0 Å². The van der Waals surface area contributed by atoms with Gasteiger partial charge in [-0.15, -0.1) is 11.3 Å². The van der Waals surface area contributed by atoms with E-state index in [1.807, 2.05) is 11.6 Å². The number of aromatic nitrogens is 1. The Hall–Kier alpha value is -1.46. The van der Waals surface area contributed by atoms with Gasteiger partial charge in [0.05, 0.1) is 11.2 Å². The molecular formula is C15H17FN2OS. The number of likely N-dealkylation sites (tertiary alicyclic amines) is 1. The van der Waals surface area contributed by atoms with Crippen molar-refractivity contribution in [3.05, 3.63) is 46.7 Å². The second kappa shape index (κ2) is 6.33. The number of nitrogens with zero attached hydrogens (tertiary/aromatic N) is 2. The molecule has 0 amide bonds. The summed E-state index contributed by atoms with van der Waals surface area (Å²) in [5.41, 5.74) is 3.01. The molecule has 0 aliphatic carbocycles. The molecule has 0 radical (unpaired) electrons. The maximum Gasteiger partial charge on any atom is 0.126 e. The fourth-order valence-corrected chi connectivity index (χ4v) is 3.01. The average molecular weight is 292 g/mol. The molecule has 0 unspecified atom stereocenters. The Morgan fingerprint density at radius 3 is 2.90 bits per heavy atom. The third-order valence-electron chi connectivity index (χ3n) is 3.50. The van der Waals surface area contributed by atoms with E-state index in [4.69, 9.17) is 4.74 Å². The summed E-state index contributed by atoms with van der Waals surface area (Å²) in [6, 6.07) is 6.37. The van der Waals surface area contributed by atoms with E-state index in [1.165, 1.54) is 12.1 Å². The number of rotatable bonds is 4. The molecule has 1 aromatic heterocycles. The Morgan fingerprint density at radius 2 is 2.20 bits per heavy atom. The number of halogens is 1. The summed E-state index contributed by atoms with van der Waals surface area (Å²) in [4.78, 5) is 6.70. The number of piperidine rings is 1. The van der Waals surface area contributed by atoms with Crippen LogP contribution in [0.5, 0.6) is 5.75 Å². The highest BCUT2D eigenvalue weighted by Gasteiger charge is 2.21. The molecule has 1 aromatic carbocycles. The molecule has 2 heterocycles. The summed E-state index contributed by atoms with van der Waals surface area (Å²) in [5, 5.41) is 2.09. The second-order valence-electron chi connectivity index (χ2n) is 5.03. The molecule has 1 aliphatic rings. The smallest absolute Gasteiger partial charge is 0.126 e. The van der Waals surface area contributed by atoms with Crippen molar-refractivity contribution in [2.75, 3.05) is 13.1 Å². The van der Waals surface area contributed by atoms with Crippen LogP contribution in [0, 0.1) is 5.82 Å². The number of benzene rings is 1. The monoisotopic (exact) mass is 292 g/mol. The summed E-state index contributed by atoms with van der Waals surface area (Å²) >= 11 is 1.63. The van der Waals surface area contributed by atoms with Crippen molar-refractivity contribution >= 4 is 11.3 Å². The summed E-state index contributed by atoms with van der Waals surface area (Å²) in [5.74, 6) is 0.381. The third-order valence-corrected chi connectivity index (χ3v) is 4.14. The second-order valence-corrected chi connectivity index (χ2v) is 5.75. The molecule has 0 atom stereocenters. The van der Waals surface area contributed by atoms with Crippen molar-refractivity contribution < 1.29 is 9.13 Å². The molecule has 2 aromatic rings. The standard InChI is InChI=1S/C15H17FN2OS/c16-12-2-1-3-15(8-12)19-14-4-6-18(7-5-14)9-13-10-20-11-17-13/h1-3,8,10-11,14H,4-7,9H2. The average Bonchev–Trinajstić information content (AvgIpc) is 2.94. The zero-order chi connectivity index (χ0) is 13.8. The molecule has 0 N–H and O–H groups in total. The van der Waals surface area contributed by atoms with E-state index in [0.29, 0.717) is 5.75 Å². The predicted octanol–water partition coefficient (Wildman–Crippen LogP) is 3.33. The summed E-state index contributed by atoms with van der Waals surface area (Å²) in [7, 11) is 0. The van der Waals surface area contributed by atoms with E-state index in [0.717, 1.165) is 38.2 Å². The molecule has 3 nitrogen and oxygen atoms in total. The molecule has 1 saturated heterocycles. The lowest BCUT2D eigenvalue weighted by atomic mass is 10.1. The number of hydrogen-bond acceptors (Lipinski definition) is 4. The molecule has 0 bridgehead atoms. The van der Waals surface area contributed by atoms with Crippen LogP contribution in [-0.4, -0.2) is 29.1 Å². The van der Waals surface area contributed by atoms with Gasteiger partial charge >= 0.3 is 0 Å². The van der Waals surface area contributed by atoms with Gasteiger partial charge in [0.15, 0.2) is 0 Å². The molecule has 1 fully saturated rings. The SMILES string of the molecule is Fc1cccc(OC2CCN(Cc3cscn3)CC2)c1. The topological polar surface area (TPSA) is 25.4 Å². The highest BCUT2D eigenvalue weighted by atomic mass is 32.1. The van der Waals surface area contributed by atoms with Gasteiger partial charge < -0.3 is 4.74 Å². The third kappa shape index (κ3) is 3.55. The fraction of sp³-hybridized carbons (Fsp3) is 0.400. The van der Waals surface area contributed by atoms with Gasteiger partial charge in [-0.2, -0.15) is 0 Å². The van der Waals surface area contributed by atoms with Crippen LogP contribution in [0.1, 0.15) is 18.5 Å². The first-order valence-corrected chi connectivity index (χ1v) is 7.75. The molecule has 106 valence electrons. The molecule has 3 rings (SSSR count). The first kappa shape index (κ1) is 13.5. The molecule has 0 saturated carbocycles. The lowest BCUT2D eigenvalue weighted by molar-refractivity contribution is 0.0960. The van der Waals surface area contributed by atoms with Gasteiger partial charge in [0.1, 0.15) is 17.7 Å². The maximum atomic E-state index is 13.1. The summed E-state index contributed by atoms with van der Waals surface area (Å²) < 4.78 is 18.9. The van der Waals surface area contributed by atoms with E-state index in [9.17, 15) is 4.39 Å². The van der Waals surface area contributed by atoms with Gasteiger partial charge in [-0.05, 0) is 25.0 Å². The van der Waals surface area contributed by atoms with Crippen LogP contribution in [0.2, 0.25) is 0 Å². The first-order chi connectivity index (χ1) is 9.79. The van der Waals surface area contributed by atoms with Crippen LogP contribution < -0.4 is 4.74 Å². The maximum absolute atomic E-state index is 13.1. The Kier molecular flexibility index (Phi) is 4.28. The molecule has 1 aliphatic heterocycles. The van der Waals surface area contributed by atoms with Crippen LogP contribution in [0.15, 0.2) is 35.2 Å². The zero-order valence-electron chi connectivity index (χ0n) is 11.2. The Bertz CT molecular complexity index is 539. The number of hydrogen-bond donors (Lipinski definition) is 0. The zero-order valence-corrected chi connectivity index (χ0v) is 12.0. The van der Waals surface area contributed by atoms with E-state index in [1.54, 1.807) is 17.4 Å². The van der Waals surface area contributed by atoms with Crippen molar-refractivity contribution in [2.45, 2.75) is 25.5 Å². The van der Waals surface area contributed by atoms with Crippen molar-refractivity contribution in [3.63, 3.8) is 0 Å². The largest absolute Gasteiger partial charge is 0.490 e. The van der Waals surface area contributed by atoms with Crippen LogP contribution >= 0.6 is 11.3 Å². The van der Waals surface area contributed by atoms with E-state index >= 15 is 0 Å². The van der Waals surface area contributed by atoms with Crippen molar-refractivity contribution in [3.8, 4) is 5.75 Å². The van der Waals surface area contributed by atoms with Crippen LogP contribution in [0.3, 0.4) is 0 Å².